The fraction of sp³-hybridized carbons (Fsp3) is 0.333. The molecule has 0 bridgehead atoms. The largest absolute Gasteiger partial charge is 0.460 e. The summed E-state index contributed by atoms with van der Waals surface area (Å²) in [6.45, 7) is 4.73. The van der Waals surface area contributed by atoms with E-state index in [0.29, 0.717) is 29.5 Å². The van der Waals surface area contributed by atoms with Crippen LogP contribution < -0.4 is 0 Å². The molecule has 0 saturated carbocycles. The van der Waals surface area contributed by atoms with Gasteiger partial charge in [0.1, 0.15) is 0 Å². The van der Waals surface area contributed by atoms with E-state index in [9.17, 15) is 4.79 Å². The number of rotatable bonds is 3. The summed E-state index contributed by atoms with van der Waals surface area (Å²) in [6, 6.07) is 5.38. The van der Waals surface area contributed by atoms with Crippen LogP contribution >= 0.6 is 11.6 Å². The maximum atomic E-state index is 11.7. The van der Waals surface area contributed by atoms with E-state index in [-0.39, 0.29) is 0 Å². The Balaban J connectivity index is 2.59. The molecule has 0 radical (unpaired) electrons. The highest BCUT2D eigenvalue weighted by molar-refractivity contribution is 6.31. The van der Waals surface area contributed by atoms with Crippen molar-refractivity contribution < 1.29 is 9.53 Å². The molecule has 1 aromatic heterocycles. The molecule has 0 amide bonds. The molecular formula is C12H13ClN2O2. The third-order valence-electron chi connectivity index (χ3n) is 2.48. The fourth-order valence-corrected chi connectivity index (χ4v) is 1.94. The first kappa shape index (κ1) is 11.9. The SMILES string of the molecule is CCOC(=O)c1nc2cc(Cl)ccc2n1CC. The van der Waals surface area contributed by atoms with Gasteiger partial charge in [0.2, 0.25) is 5.82 Å². The molecule has 0 aliphatic carbocycles. The average molecular weight is 253 g/mol. The second kappa shape index (κ2) is 4.75. The van der Waals surface area contributed by atoms with Crippen molar-refractivity contribution in [1.82, 2.24) is 9.55 Å². The predicted molar refractivity (Wildman–Crippen MR) is 66.4 cm³/mol. The first-order valence-electron chi connectivity index (χ1n) is 5.50. The normalized spacial score (nSPS) is 10.8. The van der Waals surface area contributed by atoms with Crippen molar-refractivity contribution in [2.24, 2.45) is 0 Å². The second-order valence-corrected chi connectivity index (χ2v) is 3.97. The van der Waals surface area contributed by atoms with Crippen LogP contribution in [0.3, 0.4) is 0 Å². The van der Waals surface area contributed by atoms with Gasteiger partial charge in [-0.25, -0.2) is 9.78 Å². The van der Waals surface area contributed by atoms with Gasteiger partial charge in [0.05, 0.1) is 17.6 Å². The number of imidazole rings is 1. The molecule has 0 unspecified atom stereocenters. The summed E-state index contributed by atoms with van der Waals surface area (Å²) < 4.78 is 6.80. The molecule has 2 aromatic rings. The molecule has 0 atom stereocenters. The summed E-state index contributed by atoms with van der Waals surface area (Å²) in [6.07, 6.45) is 0. The number of carbonyl (C=O) groups excluding carboxylic acids is 1. The average Bonchev–Trinajstić information content (AvgIpc) is 2.66. The lowest BCUT2D eigenvalue weighted by molar-refractivity contribution is 0.0507. The maximum Gasteiger partial charge on any atom is 0.374 e. The van der Waals surface area contributed by atoms with E-state index in [4.69, 9.17) is 16.3 Å². The number of carbonyl (C=O) groups is 1. The third kappa shape index (κ3) is 2.13. The molecule has 17 heavy (non-hydrogen) atoms. The minimum Gasteiger partial charge on any atom is -0.460 e. The van der Waals surface area contributed by atoms with E-state index < -0.39 is 5.97 Å². The smallest absolute Gasteiger partial charge is 0.374 e. The maximum absolute atomic E-state index is 11.7. The highest BCUT2D eigenvalue weighted by Crippen LogP contribution is 2.21. The van der Waals surface area contributed by atoms with Crippen LogP contribution in [0.1, 0.15) is 24.5 Å². The number of nitrogens with zero attached hydrogens (tertiary/aromatic N) is 2. The van der Waals surface area contributed by atoms with Gasteiger partial charge < -0.3 is 9.30 Å². The van der Waals surface area contributed by atoms with E-state index in [1.807, 2.05) is 17.6 Å². The first-order chi connectivity index (χ1) is 8.17. The molecule has 0 spiro atoms. The lowest BCUT2D eigenvalue weighted by atomic mass is 10.3. The highest BCUT2D eigenvalue weighted by Gasteiger charge is 2.17. The standard InChI is InChI=1S/C12H13ClN2O2/c1-3-15-10-6-5-8(13)7-9(10)14-11(15)12(16)17-4-2/h5-7H,3-4H2,1-2H3. The van der Waals surface area contributed by atoms with Gasteiger partial charge in [-0.3, -0.25) is 0 Å². The molecule has 1 heterocycles. The van der Waals surface area contributed by atoms with Crippen LogP contribution in [-0.4, -0.2) is 22.1 Å². The van der Waals surface area contributed by atoms with Crippen LogP contribution in [0.25, 0.3) is 11.0 Å². The molecule has 2 rings (SSSR count). The van der Waals surface area contributed by atoms with Gasteiger partial charge in [-0.1, -0.05) is 11.6 Å². The van der Waals surface area contributed by atoms with Crippen molar-refractivity contribution in [2.75, 3.05) is 6.61 Å². The van der Waals surface area contributed by atoms with E-state index in [0.717, 1.165) is 5.52 Å². The Bertz CT molecular complexity index is 563. The van der Waals surface area contributed by atoms with Gasteiger partial charge in [-0.15, -0.1) is 0 Å². The van der Waals surface area contributed by atoms with E-state index in [1.165, 1.54) is 0 Å². The number of fused-ring (bicyclic) bond motifs is 1. The molecule has 0 aliphatic heterocycles. The van der Waals surface area contributed by atoms with E-state index in [1.54, 1.807) is 19.1 Å². The van der Waals surface area contributed by atoms with Gasteiger partial charge in [-0.2, -0.15) is 0 Å². The number of aryl methyl sites for hydroxylation is 1. The summed E-state index contributed by atoms with van der Waals surface area (Å²) in [5.41, 5.74) is 1.60. The molecule has 0 fully saturated rings. The topological polar surface area (TPSA) is 44.1 Å². The summed E-state index contributed by atoms with van der Waals surface area (Å²) >= 11 is 5.90. The quantitative estimate of drug-likeness (QED) is 0.789. The van der Waals surface area contributed by atoms with Crippen molar-refractivity contribution in [3.8, 4) is 0 Å². The lowest BCUT2D eigenvalue weighted by Gasteiger charge is -2.04. The van der Waals surface area contributed by atoms with Crippen LogP contribution in [0.15, 0.2) is 18.2 Å². The van der Waals surface area contributed by atoms with Gasteiger partial charge in [-0.05, 0) is 32.0 Å². The molecule has 4 nitrogen and oxygen atoms in total. The summed E-state index contributed by atoms with van der Waals surface area (Å²) in [5.74, 6) is -0.0757. The van der Waals surface area contributed by atoms with Crippen LogP contribution in [0.4, 0.5) is 0 Å². The molecule has 90 valence electrons. The van der Waals surface area contributed by atoms with Crippen LogP contribution in [-0.2, 0) is 11.3 Å². The third-order valence-corrected chi connectivity index (χ3v) is 2.72. The minimum absolute atomic E-state index is 0.326. The fourth-order valence-electron chi connectivity index (χ4n) is 1.77. The molecule has 0 aliphatic rings. The Kier molecular flexibility index (Phi) is 3.33. The number of esters is 1. The summed E-state index contributed by atoms with van der Waals surface area (Å²) in [7, 11) is 0. The van der Waals surface area contributed by atoms with Crippen molar-refractivity contribution in [3.63, 3.8) is 0 Å². The van der Waals surface area contributed by atoms with E-state index >= 15 is 0 Å². The second-order valence-electron chi connectivity index (χ2n) is 3.53. The number of ether oxygens (including phenoxy) is 1. The number of hydrogen-bond acceptors (Lipinski definition) is 3. The molecule has 0 N–H and O–H groups in total. The molecule has 1 aromatic carbocycles. The first-order valence-corrected chi connectivity index (χ1v) is 5.88. The Morgan fingerprint density at radius 1 is 1.47 bits per heavy atom. The van der Waals surface area contributed by atoms with E-state index in [2.05, 4.69) is 4.98 Å². The van der Waals surface area contributed by atoms with Crippen molar-refractivity contribution >= 4 is 28.6 Å². The predicted octanol–water partition coefficient (Wildman–Crippen LogP) is 2.89. The Labute approximate surface area is 104 Å². The number of benzene rings is 1. The number of aromatic nitrogens is 2. The van der Waals surface area contributed by atoms with Gasteiger partial charge >= 0.3 is 5.97 Å². The monoisotopic (exact) mass is 252 g/mol. The molecule has 5 heteroatoms. The van der Waals surface area contributed by atoms with Gasteiger partial charge in [0.15, 0.2) is 0 Å². The van der Waals surface area contributed by atoms with Crippen LogP contribution in [0.5, 0.6) is 0 Å². The van der Waals surface area contributed by atoms with Crippen LogP contribution in [0, 0.1) is 0 Å². The highest BCUT2D eigenvalue weighted by atomic mass is 35.5. The minimum atomic E-state index is -0.401. The Morgan fingerprint density at radius 3 is 2.88 bits per heavy atom. The van der Waals surface area contributed by atoms with Crippen molar-refractivity contribution in [3.05, 3.63) is 29.0 Å². The van der Waals surface area contributed by atoms with Crippen molar-refractivity contribution in [1.29, 1.82) is 0 Å². The van der Waals surface area contributed by atoms with Crippen molar-refractivity contribution in [2.45, 2.75) is 20.4 Å². The van der Waals surface area contributed by atoms with Gasteiger partial charge in [0, 0.05) is 11.6 Å². The number of halogens is 1. The zero-order chi connectivity index (χ0) is 12.4. The molecular weight excluding hydrogens is 240 g/mol. The van der Waals surface area contributed by atoms with Gasteiger partial charge in [0.25, 0.3) is 0 Å². The zero-order valence-corrected chi connectivity index (χ0v) is 10.5. The number of hydrogen-bond donors (Lipinski definition) is 0. The summed E-state index contributed by atoms with van der Waals surface area (Å²) in [4.78, 5) is 16.0. The Hall–Kier alpha value is -1.55. The molecule has 0 saturated heterocycles. The zero-order valence-electron chi connectivity index (χ0n) is 9.74. The summed E-state index contributed by atoms with van der Waals surface area (Å²) in [5, 5.41) is 0.605. The van der Waals surface area contributed by atoms with Crippen LogP contribution in [0.2, 0.25) is 5.02 Å². The lowest BCUT2D eigenvalue weighted by Crippen LogP contribution is -2.12. The Morgan fingerprint density at radius 2 is 2.24 bits per heavy atom.